The van der Waals surface area contributed by atoms with Gasteiger partial charge in [0.1, 0.15) is 0 Å². The van der Waals surface area contributed by atoms with Crippen LogP contribution in [-0.4, -0.2) is 0 Å². The molecule has 0 aromatic heterocycles. The molecule has 0 unspecified atom stereocenters. The number of nitrogens with two attached hydrogens (primary N) is 2. The van der Waals surface area contributed by atoms with Crippen LogP contribution in [0.25, 0.3) is 0 Å². The topological polar surface area (TPSA) is 52.0 Å². The highest BCUT2D eigenvalue weighted by Crippen LogP contribution is 1.86. The molecular formula is C9H20N2. The summed E-state index contributed by atoms with van der Waals surface area (Å²) < 4.78 is 0. The molecule has 2 heteroatoms. The standard InChI is InChI=1S/C5H10N2.C2H6.C2H4/c1-3-5(7)4(2)6;2*1-2/h3H,1,6-7H2,2H3;1-2H3;1-2H2/b5-4-;;. The van der Waals surface area contributed by atoms with Crippen LogP contribution in [0.4, 0.5) is 0 Å². The Hall–Kier alpha value is -1.18. The smallest absolute Gasteiger partial charge is 0.0495 e. The minimum Gasteiger partial charge on any atom is -0.401 e. The van der Waals surface area contributed by atoms with E-state index in [-0.39, 0.29) is 0 Å². The summed E-state index contributed by atoms with van der Waals surface area (Å²) in [5, 5.41) is 0. The fourth-order valence-electron chi connectivity index (χ4n) is 0.161. The van der Waals surface area contributed by atoms with E-state index in [2.05, 4.69) is 19.7 Å². The fourth-order valence-corrected chi connectivity index (χ4v) is 0.161. The lowest BCUT2D eigenvalue weighted by molar-refractivity contribution is 1.21. The lowest BCUT2D eigenvalue weighted by atomic mass is 10.4. The Morgan fingerprint density at radius 2 is 1.45 bits per heavy atom. The first-order valence-corrected chi connectivity index (χ1v) is 3.52. The normalized spacial score (nSPS) is 9.00. The molecule has 2 nitrogen and oxygen atoms in total. The van der Waals surface area contributed by atoms with Gasteiger partial charge in [0.2, 0.25) is 0 Å². The second-order valence-corrected chi connectivity index (χ2v) is 1.34. The van der Waals surface area contributed by atoms with Gasteiger partial charge in [-0.25, -0.2) is 0 Å². The highest BCUT2D eigenvalue weighted by Gasteiger charge is 1.80. The third kappa shape index (κ3) is 17.7. The maximum Gasteiger partial charge on any atom is 0.0495 e. The fraction of sp³-hybridized carbons (Fsp3) is 0.333. The zero-order valence-corrected chi connectivity index (χ0v) is 7.85. The molecule has 0 aromatic carbocycles. The molecular weight excluding hydrogens is 136 g/mol. The van der Waals surface area contributed by atoms with Crippen molar-refractivity contribution < 1.29 is 0 Å². The maximum absolute atomic E-state index is 5.25. The Bertz CT molecular complexity index is 111. The van der Waals surface area contributed by atoms with Gasteiger partial charge >= 0.3 is 0 Å². The molecule has 0 rings (SSSR count). The number of allylic oxidation sites excluding steroid dienone is 2. The van der Waals surface area contributed by atoms with E-state index >= 15 is 0 Å². The molecule has 0 aliphatic heterocycles. The zero-order valence-electron chi connectivity index (χ0n) is 7.85. The molecule has 0 heterocycles. The summed E-state index contributed by atoms with van der Waals surface area (Å²) in [5.41, 5.74) is 11.7. The van der Waals surface area contributed by atoms with Crippen molar-refractivity contribution in [1.82, 2.24) is 0 Å². The first-order chi connectivity index (χ1) is 5.18. The first kappa shape index (κ1) is 16.4. The number of hydrogen-bond donors (Lipinski definition) is 2. The van der Waals surface area contributed by atoms with Crippen LogP contribution in [0.2, 0.25) is 0 Å². The first-order valence-electron chi connectivity index (χ1n) is 3.52. The van der Waals surface area contributed by atoms with Crippen LogP contribution >= 0.6 is 0 Å². The molecule has 0 bridgehead atoms. The third-order valence-electron chi connectivity index (χ3n) is 0.675. The van der Waals surface area contributed by atoms with Crippen LogP contribution < -0.4 is 11.5 Å². The van der Waals surface area contributed by atoms with Crippen LogP contribution in [0.5, 0.6) is 0 Å². The molecule has 0 spiro atoms. The molecule has 11 heavy (non-hydrogen) atoms. The lowest BCUT2D eigenvalue weighted by Crippen LogP contribution is -2.03. The molecule has 0 aliphatic carbocycles. The van der Waals surface area contributed by atoms with Gasteiger partial charge in [0.05, 0.1) is 0 Å². The molecule has 0 aromatic rings. The molecule has 0 fully saturated rings. The van der Waals surface area contributed by atoms with Crippen molar-refractivity contribution in [3.8, 4) is 0 Å². The quantitative estimate of drug-likeness (QED) is 0.451. The van der Waals surface area contributed by atoms with Crippen LogP contribution in [-0.2, 0) is 0 Å². The summed E-state index contributed by atoms with van der Waals surface area (Å²) in [6.07, 6.45) is 1.52. The van der Waals surface area contributed by atoms with E-state index < -0.39 is 0 Å². The third-order valence-corrected chi connectivity index (χ3v) is 0.675. The highest BCUT2D eigenvalue weighted by atomic mass is 14.7. The monoisotopic (exact) mass is 156 g/mol. The Labute approximate surface area is 70.3 Å². The molecule has 0 atom stereocenters. The van der Waals surface area contributed by atoms with Crippen molar-refractivity contribution in [3.05, 3.63) is 37.2 Å². The lowest BCUT2D eigenvalue weighted by Gasteiger charge is -1.91. The molecule has 0 radical (unpaired) electrons. The summed E-state index contributed by atoms with van der Waals surface area (Å²) in [5.74, 6) is 0. The van der Waals surface area contributed by atoms with E-state index in [0.29, 0.717) is 11.4 Å². The predicted molar refractivity (Wildman–Crippen MR) is 53.9 cm³/mol. The highest BCUT2D eigenvalue weighted by molar-refractivity contribution is 5.16. The molecule has 4 N–H and O–H groups in total. The number of rotatable bonds is 1. The zero-order chi connectivity index (χ0) is 9.86. The van der Waals surface area contributed by atoms with Gasteiger partial charge in [-0.05, 0) is 13.0 Å². The van der Waals surface area contributed by atoms with Gasteiger partial charge in [-0.1, -0.05) is 20.4 Å². The Kier molecular flexibility index (Phi) is 23.8. The van der Waals surface area contributed by atoms with E-state index in [1.165, 1.54) is 6.08 Å². The SMILES string of the molecule is C=C.C=C/C(N)=C(\C)N.CC. The van der Waals surface area contributed by atoms with E-state index in [1.807, 2.05) is 13.8 Å². The summed E-state index contributed by atoms with van der Waals surface area (Å²) in [6.45, 7) is 15.2. The van der Waals surface area contributed by atoms with E-state index in [4.69, 9.17) is 11.5 Å². The van der Waals surface area contributed by atoms with Crippen molar-refractivity contribution in [2.24, 2.45) is 11.5 Å². The van der Waals surface area contributed by atoms with Crippen molar-refractivity contribution in [2.75, 3.05) is 0 Å². The minimum atomic E-state index is 0.556. The van der Waals surface area contributed by atoms with Gasteiger partial charge in [0.15, 0.2) is 0 Å². The minimum absolute atomic E-state index is 0.556. The summed E-state index contributed by atoms with van der Waals surface area (Å²) in [4.78, 5) is 0. The average Bonchev–Trinajstić information content (AvgIpc) is 2.10. The maximum atomic E-state index is 5.25. The van der Waals surface area contributed by atoms with Gasteiger partial charge in [-0.2, -0.15) is 0 Å². The van der Waals surface area contributed by atoms with Crippen LogP contribution in [0.15, 0.2) is 37.2 Å². The Morgan fingerprint density at radius 1 is 1.18 bits per heavy atom. The van der Waals surface area contributed by atoms with Crippen molar-refractivity contribution in [2.45, 2.75) is 20.8 Å². The van der Waals surface area contributed by atoms with Crippen molar-refractivity contribution in [3.63, 3.8) is 0 Å². The van der Waals surface area contributed by atoms with Crippen LogP contribution in [0.1, 0.15) is 20.8 Å². The Morgan fingerprint density at radius 3 is 1.45 bits per heavy atom. The van der Waals surface area contributed by atoms with Gasteiger partial charge in [-0.3, -0.25) is 0 Å². The predicted octanol–water partition coefficient (Wildman–Crippen LogP) is 2.15. The largest absolute Gasteiger partial charge is 0.401 e. The molecule has 0 saturated carbocycles. The van der Waals surface area contributed by atoms with Gasteiger partial charge in [0.25, 0.3) is 0 Å². The molecule has 66 valence electrons. The van der Waals surface area contributed by atoms with Crippen LogP contribution in [0.3, 0.4) is 0 Å². The summed E-state index contributed by atoms with van der Waals surface area (Å²) in [6, 6.07) is 0. The molecule has 0 aliphatic rings. The van der Waals surface area contributed by atoms with Crippen LogP contribution in [0, 0.1) is 0 Å². The summed E-state index contributed by atoms with van der Waals surface area (Å²) >= 11 is 0. The average molecular weight is 156 g/mol. The van der Waals surface area contributed by atoms with Gasteiger partial charge < -0.3 is 11.5 Å². The molecule has 0 saturated heterocycles. The number of hydrogen-bond acceptors (Lipinski definition) is 2. The Balaban J connectivity index is -0.000000138. The molecule has 0 amide bonds. The van der Waals surface area contributed by atoms with Gasteiger partial charge in [-0.15, -0.1) is 13.2 Å². The van der Waals surface area contributed by atoms with Crippen molar-refractivity contribution >= 4 is 0 Å². The second kappa shape index (κ2) is 15.9. The van der Waals surface area contributed by atoms with E-state index in [9.17, 15) is 0 Å². The van der Waals surface area contributed by atoms with E-state index in [0.717, 1.165) is 0 Å². The second-order valence-electron chi connectivity index (χ2n) is 1.34. The van der Waals surface area contributed by atoms with Gasteiger partial charge in [0, 0.05) is 11.4 Å². The van der Waals surface area contributed by atoms with Crippen molar-refractivity contribution in [1.29, 1.82) is 0 Å². The summed E-state index contributed by atoms with van der Waals surface area (Å²) in [7, 11) is 0. The van der Waals surface area contributed by atoms with E-state index in [1.54, 1.807) is 6.92 Å².